The Morgan fingerprint density at radius 3 is 2.69 bits per heavy atom. The number of thiazole rings is 1. The minimum Gasteiger partial charge on any atom is -0.434 e. The zero-order valence-electron chi connectivity index (χ0n) is 15.2. The van der Waals surface area contributed by atoms with Crippen LogP contribution in [-0.4, -0.2) is 30.6 Å². The number of hydrogen-bond acceptors (Lipinski definition) is 4. The largest absolute Gasteiger partial charge is 0.434 e. The maximum absolute atomic E-state index is 12.5. The van der Waals surface area contributed by atoms with Crippen LogP contribution in [-0.2, 0) is 13.0 Å². The third-order valence-electron chi connectivity index (χ3n) is 3.58. The number of aromatic nitrogens is 1. The molecule has 142 valence electrons. The van der Waals surface area contributed by atoms with Gasteiger partial charge in [0.2, 0.25) is 0 Å². The second-order valence-electron chi connectivity index (χ2n) is 5.60. The first-order chi connectivity index (χ1) is 12.5. The molecule has 1 heterocycles. The van der Waals surface area contributed by atoms with Crippen molar-refractivity contribution in [3.05, 3.63) is 45.4 Å². The number of benzene rings is 1. The van der Waals surface area contributed by atoms with Crippen molar-refractivity contribution in [3.8, 4) is 5.75 Å². The number of guanidine groups is 1. The van der Waals surface area contributed by atoms with Crippen LogP contribution in [0.1, 0.15) is 28.1 Å². The summed E-state index contributed by atoms with van der Waals surface area (Å²) >= 11 is 1.70. The molecule has 0 atom stereocenters. The first-order valence-electron chi connectivity index (χ1n) is 8.47. The number of nitrogens with one attached hydrogen (secondary N) is 2. The Hall–Kier alpha value is -2.22. The molecule has 1 aromatic carbocycles. The van der Waals surface area contributed by atoms with E-state index in [0.717, 1.165) is 17.1 Å². The van der Waals surface area contributed by atoms with Gasteiger partial charge in [0.25, 0.3) is 0 Å². The zero-order valence-corrected chi connectivity index (χ0v) is 16.0. The van der Waals surface area contributed by atoms with Gasteiger partial charge in [0.1, 0.15) is 5.75 Å². The standard InChI is InChI=1S/C18H24F2N4OS/c1-4-21-18(22-10-9-16-12(2)24-13(3)26-16)23-11-14-7-5-6-8-15(14)25-17(19)20/h5-8,17H,4,9-11H2,1-3H3,(H2,21,22,23). The van der Waals surface area contributed by atoms with E-state index in [0.29, 0.717) is 24.6 Å². The first kappa shape index (κ1) is 20.1. The summed E-state index contributed by atoms with van der Waals surface area (Å²) in [6, 6.07) is 6.69. The summed E-state index contributed by atoms with van der Waals surface area (Å²) in [5.41, 5.74) is 1.67. The molecular formula is C18H24F2N4OS. The number of hydrogen-bond donors (Lipinski definition) is 2. The molecule has 0 bridgehead atoms. The maximum Gasteiger partial charge on any atom is 0.387 e. The van der Waals surface area contributed by atoms with E-state index in [9.17, 15) is 8.78 Å². The summed E-state index contributed by atoms with van der Waals surface area (Å²) in [4.78, 5) is 10.1. The lowest BCUT2D eigenvalue weighted by Gasteiger charge is -2.12. The molecule has 2 rings (SSSR count). The fourth-order valence-electron chi connectivity index (χ4n) is 2.45. The molecule has 0 radical (unpaired) electrons. The van der Waals surface area contributed by atoms with Crippen molar-refractivity contribution < 1.29 is 13.5 Å². The summed E-state index contributed by atoms with van der Waals surface area (Å²) < 4.78 is 29.5. The molecule has 0 unspecified atom stereocenters. The van der Waals surface area contributed by atoms with E-state index in [1.165, 1.54) is 10.9 Å². The quantitative estimate of drug-likeness (QED) is 0.540. The maximum atomic E-state index is 12.5. The number of alkyl halides is 2. The molecule has 0 fully saturated rings. The molecule has 1 aromatic heterocycles. The van der Waals surface area contributed by atoms with Crippen molar-refractivity contribution in [1.29, 1.82) is 0 Å². The Bertz CT molecular complexity index is 734. The Kier molecular flexibility index (Phi) is 7.77. The van der Waals surface area contributed by atoms with Crippen LogP contribution in [0.25, 0.3) is 0 Å². The number of ether oxygens (including phenoxy) is 1. The highest BCUT2D eigenvalue weighted by atomic mass is 32.1. The molecule has 0 aliphatic heterocycles. The van der Waals surface area contributed by atoms with Gasteiger partial charge in [-0.25, -0.2) is 9.98 Å². The normalized spacial score (nSPS) is 11.7. The SMILES string of the molecule is CCNC(=NCc1ccccc1OC(F)F)NCCc1sc(C)nc1C. The summed E-state index contributed by atoms with van der Waals surface area (Å²) in [6.45, 7) is 4.80. The molecule has 2 aromatic rings. The van der Waals surface area contributed by atoms with Gasteiger partial charge in [0, 0.05) is 30.0 Å². The van der Waals surface area contributed by atoms with E-state index in [1.54, 1.807) is 29.5 Å². The van der Waals surface area contributed by atoms with Gasteiger partial charge in [-0.1, -0.05) is 18.2 Å². The third-order valence-corrected chi connectivity index (χ3v) is 4.72. The molecule has 0 spiro atoms. The number of para-hydroxylation sites is 1. The highest BCUT2D eigenvalue weighted by molar-refractivity contribution is 7.11. The van der Waals surface area contributed by atoms with Gasteiger partial charge in [0.15, 0.2) is 5.96 Å². The number of nitrogens with zero attached hydrogens (tertiary/aromatic N) is 2. The van der Waals surface area contributed by atoms with Crippen molar-refractivity contribution in [1.82, 2.24) is 15.6 Å². The van der Waals surface area contributed by atoms with Crippen LogP contribution >= 0.6 is 11.3 Å². The molecule has 0 aliphatic carbocycles. The molecule has 0 saturated carbocycles. The van der Waals surface area contributed by atoms with Crippen molar-refractivity contribution in [2.24, 2.45) is 4.99 Å². The summed E-state index contributed by atoms with van der Waals surface area (Å²) in [6.07, 6.45) is 0.854. The highest BCUT2D eigenvalue weighted by Gasteiger charge is 2.09. The van der Waals surface area contributed by atoms with Crippen LogP contribution in [0.3, 0.4) is 0 Å². The third kappa shape index (κ3) is 6.25. The molecule has 0 aliphatic rings. The van der Waals surface area contributed by atoms with Crippen molar-refractivity contribution >= 4 is 17.3 Å². The Labute approximate surface area is 156 Å². The van der Waals surface area contributed by atoms with E-state index < -0.39 is 6.61 Å². The van der Waals surface area contributed by atoms with Crippen molar-refractivity contribution in [2.75, 3.05) is 13.1 Å². The predicted molar refractivity (Wildman–Crippen MR) is 101 cm³/mol. The Morgan fingerprint density at radius 2 is 2.04 bits per heavy atom. The number of aliphatic imine (C=N–C) groups is 1. The fourth-order valence-corrected chi connectivity index (χ4v) is 3.39. The number of rotatable bonds is 8. The van der Waals surface area contributed by atoms with Crippen LogP contribution in [0, 0.1) is 13.8 Å². The average Bonchev–Trinajstić information content (AvgIpc) is 2.91. The van der Waals surface area contributed by atoms with Gasteiger partial charge in [0.05, 0.1) is 17.2 Å². The Balaban J connectivity index is 1.97. The first-order valence-corrected chi connectivity index (χ1v) is 9.29. The average molecular weight is 382 g/mol. The molecule has 0 amide bonds. The molecular weight excluding hydrogens is 358 g/mol. The van der Waals surface area contributed by atoms with Gasteiger partial charge in [-0.2, -0.15) is 8.78 Å². The predicted octanol–water partition coefficient (Wildman–Crippen LogP) is 3.66. The lowest BCUT2D eigenvalue weighted by molar-refractivity contribution is -0.0504. The summed E-state index contributed by atoms with van der Waals surface area (Å²) in [7, 11) is 0. The van der Waals surface area contributed by atoms with Crippen LogP contribution in [0.4, 0.5) is 8.78 Å². The number of halogens is 2. The van der Waals surface area contributed by atoms with Crippen LogP contribution in [0.2, 0.25) is 0 Å². The molecule has 0 saturated heterocycles. The highest BCUT2D eigenvalue weighted by Crippen LogP contribution is 2.21. The fraction of sp³-hybridized carbons (Fsp3) is 0.444. The second-order valence-corrected chi connectivity index (χ2v) is 6.89. The monoisotopic (exact) mass is 382 g/mol. The minimum atomic E-state index is -2.85. The molecule has 8 heteroatoms. The van der Waals surface area contributed by atoms with E-state index >= 15 is 0 Å². The van der Waals surface area contributed by atoms with Crippen molar-refractivity contribution in [2.45, 2.75) is 40.3 Å². The summed E-state index contributed by atoms with van der Waals surface area (Å²) in [5.74, 6) is 0.788. The molecule has 26 heavy (non-hydrogen) atoms. The zero-order chi connectivity index (χ0) is 18.9. The van der Waals surface area contributed by atoms with E-state index in [2.05, 4.69) is 25.3 Å². The van der Waals surface area contributed by atoms with Crippen LogP contribution in [0.5, 0.6) is 5.75 Å². The Morgan fingerprint density at radius 1 is 1.27 bits per heavy atom. The van der Waals surface area contributed by atoms with E-state index in [-0.39, 0.29) is 12.3 Å². The van der Waals surface area contributed by atoms with Crippen molar-refractivity contribution in [3.63, 3.8) is 0 Å². The minimum absolute atomic E-state index is 0.151. The lowest BCUT2D eigenvalue weighted by atomic mass is 10.2. The van der Waals surface area contributed by atoms with Gasteiger partial charge in [-0.15, -0.1) is 11.3 Å². The van der Waals surface area contributed by atoms with Gasteiger partial charge in [-0.05, 0) is 26.8 Å². The number of aryl methyl sites for hydroxylation is 2. The van der Waals surface area contributed by atoms with Gasteiger partial charge >= 0.3 is 6.61 Å². The van der Waals surface area contributed by atoms with Crippen LogP contribution < -0.4 is 15.4 Å². The van der Waals surface area contributed by atoms with E-state index in [4.69, 9.17) is 0 Å². The van der Waals surface area contributed by atoms with Gasteiger partial charge < -0.3 is 15.4 Å². The molecule has 2 N–H and O–H groups in total. The lowest BCUT2D eigenvalue weighted by Crippen LogP contribution is -2.38. The summed E-state index contributed by atoms with van der Waals surface area (Å²) in [5, 5.41) is 7.49. The van der Waals surface area contributed by atoms with E-state index in [1.807, 2.05) is 20.8 Å². The smallest absolute Gasteiger partial charge is 0.387 e. The second kappa shape index (κ2) is 10.1. The van der Waals surface area contributed by atoms with Crippen LogP contribution in [0.15, 0.2) is 29.3 Å². The molecule has 5 nitrogen and oxygen atoms in total. The topological polar surface area (TPSA) is 58.5 Å². The van der Waals surface area contributed by atoms with Gasteiger partial charge in [-0.3, -0.25) is 0 Å².